The molecule has 1 amide bonds. The van der Waals surface area contributed by atoms with Crippen LogP contribution >= 0.6 is 0 Å². The van der Waals surface area contributed by atoms with Gasteiger partial charge in [-0.2, -0.15) is 5.10 Å². The van der Waals surface area contributed by atoms with Gasteiger partial charge in [0, 0.05) is 38.8 Å². The van der Waals surface area contributed by atoms with Gasteiger partial charge in [0.25, 0.3) is 0 Å². The molecule has 1 aromatic carbocycles. The zero-order chi connectivity index (χ0) is 17.9. The Hall–Kier alpha value is -2.21. The molecule has 5 nitrogen and oxygen atoms in total. The van der Waals surface area contributed by atoms with E-state index in [1.807, 2.05) is 18.3 Å². The lowest BCUT2D eigenvalue weighted by Crippen LogP contribution is -2.39. The lowest BCUT2D eigenvalue weighted by molar-refractivity contribution is -0.121. The molecular formula is C20H25FN4O. The highest BCUT2D eigenvalue weighted by Gasteiger charge is 2.26. The van der Waals surface area contributed by atoms with Crippen LogP contribution in [0.3, 0.4) is 0 Å². The second-order valence-corrected chi connectivity index (χ2v) is 7.51. The van der Waals surface area contributed by atoms with Gasteiger partial charge in [0.15, 0.2) is 0 Å². The third-order valence-corrected chi connectivity index (χ3v) is 5.22. The summed E-state index contributed by atoms with van der Waals surface area (Å²) in [5, 5.41) is 7.52. The highest BCUT2D eigenvalue weighted by molar-refractivity contribution is 5.76. The minimum absolute atomic E-state index is 0.167. The number of rotatable bonds is 7. The van der Waals surface area contributed by atoms with E-state index in [0.717, 1.165) is 25.1 Å². The van der Waals surface area contributed by atoms with Crippen molar-refractivity contribution in [3.8, 4) is 0 Å². The van der Waals surface area contributed by atoms with Crippen molar-refractivity contribution >= 4 is 5.91 Å². The van der Waals surface area contributed by atoms with Gasteiger partial charge in [-0.15, -0.1) is 0 Å². The number of nitrogens with one attached hydrogen (secondary N) is 1. The quantitative estimate of drug-likeness (QED) is 0.830. The molecule has 2 aliphatic rings. The number of carbonyl (C=O) groups excluding carboxylic acids is 1. The van der Waals surface area contributed by atoms with Gasteiger partial charge in [0.05, 0.1) is 11.7 Å². The highest BCUT2D eigenvalue weighted by atomic mass is 19.1. The van der Waals surface area contributed by atoms with Gasteiger partial charge in [-0.1, -0.05) is 12.1 Å². The molecule has 0 radical (unpaired) electrons. The lowest BCUT2D eigenvalue weighted by atomic mass is 10.1. The maximum Gasteiger partial charge on any atom is 0.220 e. The van der Waals surface area contributed by atoms with Gasteiger partial charge in [-0.3, -0.25) is 14.4 Å². The Balaban J connectivity index is 1.35. The summed E-state index contributed by atoms with van der Waals surface area (Å²) in [7, 11) is 0. The molecule has 2 heterocycles. The average molecular weight is 356 g/mol. The molecule has 0 bridgehead atoms. The maximum atomic E-state index is 13.5. The predicted octanol–water partition coefficient (Wildman–Crippen LogP) is 2.89. The number of halogens is 1. The number of aromatic nitrogens is 2. The topological polar surface area (TPSA) is 50.2 Å². The van der Waals surface area contributed by atoms with Crippen LogP contribution in [0.4, 0.5) is 4.39 Å². The van der Waals surface area contributed by atoms with Gasteiger partial charge in [0.2, 0.25) is 5.91 Å². The summed E-state index contributed by atoms with van der Waals surface area (Å²) in [6.45, 7) is 3.04. The van der Waals surface area contributed by atoms with Crippen LogP contribution in [0.25, 0.3) is 0 Å². The second kappa shape index (κ2) is 7.58. The largest absolute Gasteiger partial charge is 0.356 e. The van der Waals surface area contributed by atoms with E-state index in [-0.39, 0.29) is 17.8 Å². The van der Waals surface area contributed by atoms with Gasteiger partial charge in [0.1, 0.15) is 5.82 Å². The lowest BCUT2D eigenvalue weighted by Gasteiger charge is -2.34. The first kappa shape index (κ1) is 17.2. The van der Waals surface area contributed by atoms with Crippen molar-refractivity contribution in [2.24, 2.45) is 5.92 Å². The van der Waals surface area contributed by atoms with Gasteiger partial charge < -0.3 is 5.32 Å². The van der Waals surface area contributed by atoms with Crippen molar-refractivity contribution in [2.75, 3.05) is 13.1 Å². The smallest absolute Gasteiger partial charge is 0.220 e. The van der Waals surface area contributed by atoms with Crippen molar-refractivity contribution in [3.63, 3.8) is 0 Å². The van der Waals surface area contributed by atoms with Crippen LogP contribution in [0.1, 0.15) is 43.0 Å². The molecule has 138 valence electrons. The van der Waals surface area contributed by atoms with Crippen molar-refractivity contribution in [1.82, 2.24) is 20.0 Å². The fraction of sp³-hybridized carbons (Fsp3) is 0.500. The predicted molar refractivity (Wildman–Crippen MR) is 96.7 cm³/mol. The molecule has 26 heavy (non-hydrogen) atoms. The SMILES string of the molecule is O=C(CC1CC1)NCCC1CN(Cc2cccc(F)c2)Cc2ccnn21. The molecule has 0 saturated heterocycles. The van der Waals surface area contributed by atoms with Crippen LogP contribution in [-0.4, -0.2) is 33.7 Å². The standard InChI is InChI=1S/C20H25FN4O/c21-17-3-1-2-16(10-17)12-24-13-18(25-19(14-24)7-9-23-25)6-8-22-20(26)11-15-4-5-15/h1-3,7,9-10,15,18H,4-6,8,11-14H2,(H,22,26). The van der Waals surface area contributed by atoms with Crippen LogP contribution in [0.5, 0.6) is 0 Å². The molecule has 1 saturated carbocycles. The van der Waals surface area contributed by atoms with Crippen LogP contribution in [0.15, 0.2) is 36.5 Å². The molecule has 1 aliphatic heterocycles. The van der Waals surface area contributed by atoms with Crippen molar-refractivity contribution in [2.45, 2.75) is 44.8 Å². The molecule has 2 aromatic rings. The fourth-order valence-electron chi connectivity index (χ4n) is 3.73. The number of carbonyl (C=O) groups is 1. The minimum atomic E-state index is -0.195. The van der Waals surface area contributed by atoms with E-state index in [1.165, 1.54) is 24.6 Å². The van der Waals surface area contributed by atoms with Crippen LogP contribution in [0, 0.1) is 11.7 Å². The van der Waals surface area contributed by atoms with E-state index < -0.39 is 0 Å². The summed E-state index contributed by atoms with van der Waals surface area (Å²) in [6, 6.07) is 9.05. The summed E-state index contributed by atoms with van der Waals surface area (Å²) < 4.78 is 15.5. The Morgan fingerprint density at radius 2 is 2.19 bits per heavy atom. The number of hydrogen-bond donors (Lipinski definition) is 1. The van der Waals surface area contributed by atoms with Crippen molar-refractivity contribution < 1.29 is 9.18 Å². The number of fused-ring (bicyclic) bond motifs is 1. The molecule has 4 rings (SSSR count). The number of hydrogen-bond acceptors (Lipinski definition) is 3. The first-order valence-corrected chi connectivity index (χ1v) is 9.43. The van der Waals surface area contributed by atoms with Crippen LogP contribution in [0.2, 0.25) is 0 Å². The molecule has 1 aliphatic carbocycles. The molecule has 1 unspecified atom stereocenters. The normalized spacial score (nSPS) is 20.0. The molecule has 1 atom stereocenters. The zero-order valence-electron chi connectivity index (χ0n) is 14.9. The summed E-state index contributed by atoms with van der Waals surface area (Å²) in [5.41, 5.74) is 2.15. The van der Waals surface area contributed by atoms with Gasteiger partial charge in [-0.05, 0) is 48.9 Å². The first-order chi connectivity index (χ1) is 12.7. The Kier molecular flexibility index (Phi) is 5.02. The average Bonchev–Trinajstić information content (AvgIpc) is 3.28. The van der Waals surface area contributed by atoms with E-state index in [2.05, 4.69) is 20.0 Å². The number of nitrogens with zero attached hydrogens (tertiary/aromatic N) is 3. The molecule has 0 spiro atoms. The third kappa shape index (κ3) is 4.30. The summed E-state index contributed by atoms with van der Waals surface area (Å²) >= 11 is 0. The molecule has 1 N–H and O–H groups in total. The van der Waals surface area contributed by atoms with E-state index >= 15 is 0 Å². The first-order valence-electron chi connectivity index (χ1n) is 9.43. The number of benzene rings is 1. The summed E-state index contributed by atoms with van der Waals surface area (Å²) in [4.78, 5) is 14.2. The van der Waals surface area contributed by atoms with Gasteiger partial charge in [-0.25, -0.2) is 4.39 Å². The Labute approximate surface area is 153 Å². The zero-order valence-corrected chi connectivity index (χ0v) is 14.9. The Bertz CT molecular complexity index is 771. The van der Waals surface area contributed by atoms with Crippen molar-refractivity contribution in [3.05, 3.63) is 53.6 Å². The molecule has 1 fully saturated rings. The van der Waals surface area contributed by atoms with E-state index in [9.17, 15) is 9.18 Å². The Morgan fingerprint density at radius 1 is 1.31 bits per heavy atom. The van der Waals surface area contributed by atoms with E-state index in [4.69, 9.17) is 0 Å². The molecule has 6 heteroatoms. The highest BCUT2D eigenvalue weighted by Crippen LogP contribution is 2.32. The molecule has 1 aromatic heterocycles. The van der Waals surface area contributed by atoms with Crippen LogP contribution < -0.4 is 5.32 Å². The fourth-order valence-corrected chi connectivity index (χ4v) is 3.73. The van der Waals surface area contributed by atoms with Crippen molar-refractivity contribution in [1.29, 1.82) is 0 Å². The third-order valence-electron chi connectivity index (χ3n) is 5.22. The van der Waals surface area contributed by atoms with E-state index in [1.54, 1.807) is 12.1 Å². The monoisotopic (exact) mass is 356 g/mol. The van der Waals surface area contributed by atoms with E-state index in [0.29, 0.717) is 25.4 Å². The molecular weight excluding hydrogens is 331 g/mol. The van der Waals surface area contributed by atoms with Crippen LogP contribution in [-0.2, 0) is 17.9 Å². The minimum Gasteiger partial charge on any atom is -0.356 e. The Morgan fingerprint density at radius 3 is 3.00 bits per heavy atom. The van der Waals surface area contributed by atoms with Gasteiger partial charge >= 0.3 is 0 Å². The number of amides is 1. The summed E-state index contributed by atoms with van der Waals surface area (Å²) in [5.74, 6) is 0.587. The maximum absolute atomic E-state index is 13.5. The second-order valence-electron chi connectivity index (χ2n) is 7.51. The summed E-state index contributed by atoms with van der Waals surface area (Å²) in [6.07, 6.45) is 5.75.